The molecule has 0 bridgehead atoms. The van der Waals surface area contributed by atoms with Crippen molar-refractivity contribution >= 4 is 33.5 Å². The smallest absolute Gasteiger partial charge is 0.307 e. The third-order valence-corrected chi connectivity index (χ3v) is 3.80. The van der Waals surface area contributed by atoms with Gasteiger partial charge in [-0.3, -0.25) is 9.59 Å². The number of hydrogen-bond donors (Lipinski definition) is 1. The van der Waals surface area contributed by atoms with Gasteiger partial charge in [0.25, 0.3) is 5.91 Å². The fraction of sp³-hybridized carbons (Fsp3) is 0.375. The number of carbonyl (C=O) groups is 2. The van der Waals surface area contributed by atoms with Gasteiger partial charge in [0.2, 0.25) is 0 Å². The first-order valence-electron chi connectivity index (χ1n) is 6.97. The molecule has 5 heteroatoms. The van der Waals surface area contributed by atoms with Crippen molar-refractivity contribution in [3.05, 3.63) is 40.9 Å². The molecule has 1 amide bonds. The molecule has 21 heavy (non-hydrogen) atoms. The Morgan fingerprint density at radius 3 is 2.95 bits per heavy atom. The normalized spacial score (nSPS) is 18.3. The van der Waals surface area contributed by atoms with Crippen molar-refractivity contribution in [1.29, 1.82) is 0 Å². The number of hydrogen-bond acceptors (Lipinski definition) is 3. The molecule has 2 atom stereocenters. The molecule has 2 rings (SSSR count). The molecular formula is C16H18BrNO3. The number of anilines is 1. The van der Waals surface area contributed by atoms with E-state index < -0.39 is 6.10 Å². The van der Waals surface area contributed by atoms with E-state index in [-0.39, 0.29) is 17.8 Å². The molecule has 0 fully saturated rings. The van der Waals surface area contributed by atoms with Crippen LogP contribution in [0, 0.1) is 5.92 Å². The first-order chi connectivity index (χ1) is 10.0. The second-order valence-corrected chi connectivity index (χ2v) is 6.02. The van der Waals surface area contributed by atoms with Crippen LogP contribution in [0.1, 0.15) is 26.2 Å². The Hall–Kier alpha value is -1.62. The van der Waals surface area contributed by atoms with Crippen LogP contribution < -0.4 is 5.32 Å². The molecule has 1 aliphatic carbocycles. The number of amides is 1. The Bertz CT molecular complexity index is 556. The number of nitrogens with one attached hydrogen (secondary N) is 1. The summed E-state index contributed by atoms with van der Waals surface area (Å²) in [6, 6.07) is 7.26. The van der Waals surface area contributed by atoms with Gasteiger partial charge in [0.15, 0.2) is 6.10 Å². The van der Waals surface area contributed by atoms with Crippen molar-refractivity contribution < 1.29 is 14.3 Å². The second kappa shape index (κ2) is 7.41. The zero-order valence-corrected chi connectivity index (χ0v) is 13.4. The van der Waals surface area contributed by atoms with Crippen LogP contribution in [-0.2, 0) is 14.3 Å². The fourth-order valence-corrected chi connectivity index (χ4v) is 2.59. The molecule has 112 valence electrons. The summed E-state index contributed by atoms with van der Waals surface area (Å²) in [4.78, 5) is 23.8. The third-order valence-electron chi connectivity index (χ3n) is 3.31. The number of carbonyl (C=O) groups excluding carboxylic acids is 2. The molecule has 0 aliphatic heterocycles. The molecule has 0 heterocycles. The average Bonchev–Trinajstić information content (AvgIpc) is 2.91. The van der Waals surface area contributed by atoms with Crippen LogP contribution in [0.3, 0.4) is 0 Å². The van der Waals surface area contributed by atoms with Crippen molar-refractivity contribution in [3.63, 3.8) is 0 Å². The monoisotopic (exact) mass is 351 g/mol. The number of benzene rings is 1. The molecular weight excluding hydrogens is 334 g/mol. The lowest BCUT2D eigenvalue weighted by molar-refractivity contribution is -0.153. The highest BCUT2D eigenvalue weighted by atomic mass is 79.9. The fourth-order valence-electron chi connectivity index (χ4n) is 2.19. The Balaban J connectivity index is 1.81. The topological polar surface area (TPSA) is 55.4 Å². The van der Waals surface area contributed by atoms with E-state index in [1.165, 1.54) is 0 Å². The summed E-state index contributed by atoms with van der Waals surface area (Å²) in [6.07, 6.45) is 5.63. The molecule has 0 radical (unpaired) electrons. The number of halogens is 1. The van der Waals surface area contributed by atoms with Crippen molar-refractivity contribution in [2.45, 2.75) is 32.3 Å². The van der Waals surface area contributed by atoms with Gasteiger partial charge in [0.05, 0.1) is 6.42 Å². The zero-order valence-electron chi connectivity index (χ0n) is 11.8. The molecule has 1 aromatic carbocycles. The van der Waals surface area contributed by atoms with E-state index in [1.807, 2.05) is 18.2 Å². The highest BCUT2D eigenvalue weighted by Gasteiger charge is 2.21. The maximum absolute atomic E-state index is 12.0. The summed E-state index contributed by atoms with van der Waals surface area (Å²) in [5, 5.41) is 2.72. The Morgan fingerprint density at radius 2 is 2.29 bits per heavy atom. The molecule has 1 aromatic rings. The highest BCUT2D eigenvalue weighted by Crippen LogP contribution is 2.21. The van der Waals surface area contributed by atoms with Crippen LogP contribution >= 0.6 is 15.9 Å². The van der Waals surface area contributed by atoms with Crippen molar-refractivity contribution in [2.75, 3.05) is 5.32 Å². The lowest BCUT2D eigenvalue weighted by Gasteiger charge is -2.15. The van der Waals surface area contributed by atoms with Gasteiger partial charge >= 0.3 is 5.97 Å². The summed E-state index contributed by atoms with van der Waals surface area (Å²) < 4.78 is 6.05. The van der Waals surface area contributed by atoms with Gasteiger partial charge in [-0.25, -0.2) is 0 Å². The Kier molecular flexibility index (Phi) is 5.56. The van der Waals surface area contributed by atoms with Crippen LogP contribution in [-0.4, -0.2) is 18.0 Å². The second-order valence-electron chi connectivity index (χ2n) is 5.10. The summed E-state index contributed by atoms with van der Waals surface area (Å²) >= 11 is 3.34. The largest absolute Gasteiger partial charge is 0.453 e. The maximum atomic E-state index is 12.0. The number of esters is 1. The number of ether oxygens (including phenoxy) is 1. The van der Waals surface area contributed by atoms with Gasteiger partial charge in [-0.2, -0.15) is 0 Å². The first kappa shape index (κ1) is 15.8. The SMILES string of the molecule is C[C@H](OC(=O)C[C@H]1C=CCC1)C(=O)Nc1cccc(Br)c1. The molecule has 0 spiro atoms. The van der Waals surface area contributed by atoms with Crippen molar-refractivity contribution in [1.82, 2.24) is 0 Å². The molecule has 0 saturated heterocycles. The predicted octanol–water partition coefficient (Wildman–Crippen LogP) is 3.68. The zero-order chi connectivity index (χ0) is 15.2. The van der Waals surface area contributed by atoms with Crippen molar-refractivity contribution in [2.24, 2.45) is 5.92 Å². The molecule has 0 saturated carbocycles. The van der Waals surface area contributed by atoms with Gasteiger partial charge in [-0.05, 0) is 43.9 Å². The Morgan fingerprint density at radius 1 is 1.48 bits per heavy atom. The summed E-state index contributed by atoms with van der Waals surface area (Å²) in [7, 11) is 0. The minimum absolute atomic E-state index is 0.248. The van der Waals surface area contributed by atoms with Gasteiger partial charge < -0.3 is 10.1 Å². The van der Waals surface area contributed by atoms with Gasteiger partial charge in [-0.1, -0.05) is 34.1 Å². The minimum Gasteiger partial charge on any atom is -0.453 e. The maximum Gasteiger partial charge on any atom is 0.307 e. The number of rotatable bonds is 5. The quantitative estimate of drug-likeness (QED) is 0.650. The predicted molar refractivity (Wildman–Crippen MR) is 84.8 cm³/mol. The van der Waals surface area contributed by atoms with E-state index in [9.17, 15) is 9.59 Å². The van der Waals surface area contributed by atoms with Crippen LogP contribution in [0.15, 0.2) is 40.9 Å². The summed E-state index contributed by atoms with van der Waals surface area (Å²) in [6.45, 7) is 1.58. The van der Waals surface area contributed by atoms with E-state index in [1.54, 1.807) is 19.1 Å². The van der Waals surface area contributed by atoms with Crippen LogP contribution in [0.2, 0.25) is 0 Å². The van der Waals surface area contributed by atoms with E-state index in [2.05, 4.69) is 27.3 Å². The van der Waals surface area contributed by atoms with E-state index in [0.717, 1.165) is 17.3 Å². The lowest BCUT2D eigenvalue weighted by atomic mass is 10.1. The standard InChI is InChI=1S/C16H18BrNO3/c1-11(21-15(19)9-12-5-2-3-6-12)16(20)18-14-8-4-7-13(17)10-14/h2,4-5,7-8,10-12H,3,6,9H2,1H3,(H,18,20)/t11-,12-/m0/s1. The minimum atomic E-state index is -0.804. The van der Waals surface area contributed by atoms with Crippen LogP contribution in [0.5, 0.6) is 0 Å². The first-order valence-corrected chi connectivity index (χ1v) is 7.76. The van der Waals surface area contributed by atoms with Gasteiger partial charge in [-0.15, -0.1) is 0 Å². The van der Waals surface area contributed by atoms with Crippen LogP contribution in [0.25, 0.3) is 0 Å². The van der Waals surface area contributed by atoms with Gasteiger partial charge in [0, 0.05) is 10.2 Å². The summed E-state index contributed by atoms with van der Waals surface area (Å²) in [5.74, 6) is -0.412. The molecule has 0 aromatic heterocycles. The highest BCUT2D eigenvalue weighted by molar-refractivity contribution is 9.10. The van der Waals surface area contributed by atoms with Crippen molar-refractivity contribution in [3.8, 4) is 0 Å². The summed E-state index contributed by atoms with van der Waals surface area (Å²) in [5.41, 5.74) is 0.663. The van der Waals surface area contributed by atoms with Gasteiger partial charge in [0.1, 0.15) is 0 Å². The van der Waals surface area contributed by atoms with E-state index in [0.29, 0.717) is 12.1 Å². The molecule has 4 nitrogen and oxygen atoms in total. The Labute approximate surface area is 132 Å². The van der Waals surface area contributed by atoms with Crippen LogP contribution in [0.4, 0.5) is 5.69 Å². The number of allylic oxidation sites excluding steroid dienone is 2. The van der Waals surface area contributed by atoms with E-state index >= 15 is 0 Å². The molecule has 1 N–H and O–H groups in total. The van der Waals surface area contributed by atoms with E-state index in [4.69, 9.17) is 4.74 Å². The molecule has 0 unspecified atom stereocenters. The average molecular weight is 352 g/mol. The lowest BCUT2D eigenvalue weighted by Crippen LogP contribution is -2.30. The third kappa shape index (κ3) is 5.01. The molecule has 1 aliphatic rings.